The summed E-state index contributed by atoms with van der Waals surface area (Å²) in [7, 11) is 0. The van der Waals surface area contributed by atoms with E-state index in [1.165, 1.54) is 4.90 Å². The van der Waals surface area contributed by atoms with E-state index in [0.29, 0.717) is 13.0 Å². The summed E-state index contributed by atoms with van der Waals surface area (Å²) < 4.78 is 12.2. The summed E-state index contributed by atoms with van der Waals surface area (Å²) in [5.41, 5.74) is -2.85. The molecule has 4 aliphatic heterocycles. The van der Waals surface area contributed by atoms with Crippen molar-refractivity contribution in [3.05, 3.63) is 24.3 Å². The average Bonchev–Trinajstić information content (AvgIpc) is 3.00. The highest BCUT2D eigenvalue weighted by molar-refractivity contribution is 5.99. The van der Waals surface area contributed by atoms with Crippen molar-refractivity contribution >= 4 is 17.8 Å². The minimum Gasteiger partial charge on any atom is -0.461 e. The molecule has 4 heterocycles. The Morgan fingerprint density at radius 1 is 1.12 bits per heavy atom. The Kier molecular flexibility index (Phi) is 5.77. The number of ether oxygens (including phenoxy) is 2. The SMILES string of the molecule is CC[C@@]12C=CCOC(=O)[C@@H]1[C@H]1C(=O)N([C@@H](CO)C(C)C)C3C(=O)N(C(C)(C)C)CC=C[C@@]31O2. The molecule has 33 heavy (non-hydrogen) atoms. The van der Waals surface area contributed by atoms with E-state index in [2.05, 4.69) is 0 Å². The molecule has 0 bridgehead atoms. The van der Waals surface area contributed by atoms with E-state index >= 15 is 0 Å². The van der Waals surface area contributed by atoms with E-state index < -0.39 is 46.6 Å². The molecule has 8 nitrogen and oxygen atoms in total. The molecule has 1 unspecified atom stereocenters. The lowest BCUT2D eigenvalue weighted by atomic mass is 9.73. The molecule has 4 aliphatic rings. The summed E-state index contributed by atoms with van der Waals surface area (Å²) in [5.74, 6) is -2.94. The lowest BCUT2D eigenvalue weighted by Crippen LogP contribution is -2.62. The van der Waals surface area contributed by atoms with Gasteiger partial charge in [-0.3, -0.25) is 14.4 Å². The van der Waals surface area contributed by atoms with Crippen molar-refractivity contribution in [2.24, 2.45) is 17.8 Å². The van der Waals surface area contributed by atoms with Gasteiger partial charge in [0.15, 0.2) is 0 Å². The highest BCUT2D eigenvalue weighted by Crippen LogP contribution is 2.59. The maximum absolute atomic E-state index is 14.2. The summed E-state index contributed by atoms with van der Waals surface area (Å²) in [5, 5.41) is 10.3. The second-order valence-electron chi connectivity index (χ2n) is 10.9. The fraction of sp³-hybridized carbons (Fsp3) is 0.720. The molecule has 6 atom stereocenters. The van der Waals surface area contributed by atoms with Crippen LogP contribution in [0.1, 0.15) is 48.0 Å². The molecule has 2 fully saturated rings. The molecule has 0 radical (unpaired) electrons. The van der Waals surface area contributed by atoms with Crippen molar-refractivity contribution in [3.8, 4) is 0 Å². The Hall–Kier alpha value is -2.19. The normalized spacial score (nSPS) is 37.0. The average molecular weight is 461 g/mol. The zero-order valence-corrected chi connectivity index (χ0v) is 20.4. The second-order valence-corrected chi connectivity index (χ2v) is 10.9. The van der Waals surface area contributed by atoms with E-state index in [9.17, 15) is 19.5 Å². The highest BCUT2D eigenvalue weighted by atomic mass is 16.6. The van der Waals surface area contributed by atoms with Crippen LogP contribution in [0.2, 0.25) is 0 Å². The monoisotopic (exact) mass is 460 g/mol. The summed E-state index contributed by atoms with van der Waals surface area (Å²) >= 11 is 0. The molecule has 0 aliphatic carbocycles. The maximum atomic E-state index is 14.2. The number of amides is 2. The zero-order valence-electron chi connectivity index (χ0n) is 20.4. The molecule has 2 amide bonds. The number of hydrogen-bond donors (Lipinski definition) is 1. The number of carbonyl (C=O) groups is 3. The van der Waals surface area contributed by atoms with Gasteiger partial charge < -0.3 is 24.4 Å². The Morgan fingerprint density at radius 2 is 1.82 bits per heavy atom. The third kappa shape index (κ3) is 3.28. The first-order valence-electron chi connectivity index (χ1n) is 11.9. The van der Waals surface area contributed by atoms with Gasteiger partial charge in [0.2, 0.25) is 11.8 Å². The van der Waals surface area contributed by atoms with E-state index in [1.807, 2.05) is 59.8 Å². The van der Waals surface area contributed by atoms with E-state index in [-0.39, 0.29) is 30.9 Å². The van der Waals surface area contributed by atoms with Crippen molar-refractivity contribution in [1.29, 1.82) is 0 Å². The molecule has 182 valence electrons. The van der Waals surface area contributed by atoms with Crippen LogP contribution in [0.15, 0.2) is 24.3 Å². The number of aliphatic hydroxyl groups excluding tert-OH is 1. The van der Waals surface area contributed by atoms with Crippen LogP contribution in [0.5, 0.6) is 0 Å². The van der Waals surface area contributed by atoms with Gasteiger partial charge >= 0.3 is 5.97 Å². The van der Waals surface area contributed by atoms with Gasteiger partial charge in [0, 0.05) is 12.1 Å². The number of rotatable bonds is 4. The summed E-state index contributed by atoms with van der Waals surface area (Å²) in [6, 6.07) is -1.57. The van der Waals surface area contributed by atoms with Gasteiger partial charge in [-0.05, 0) is 39.2 Å². The third-order valence-corrected chi connectivity index (χ3v) is 7.76. The summed E-state index contributed by atoms with van der Waals surface area (Å²) in [6.07, 6.45) is 7.75. The van der Waals surface area contributed by atoms with Gasteiger partial charge in [-0.25, -0.2) is 0 Å². The number of aliphatic hydroxyl groups is 1. The van der Waals surface area contributed by atoms with Gasteiger partial charge in [-0.2, -0.15) is 0 Å². The Balaban J connectivity index is 1.96. The number of carbonyl (C=O) groups excluding carboxylic acids is 3. The van der Waals surface area contributed by atoms with E-state index in [1.54, 1.807) is 11.0 Å². The van der Waals surface area contributed by atoms with Crippen molar-refractivity contribution < 1.29 is 29.0 Å². The van der Waals surface area contributed by atoms with Gasteiger partial charge in [-0.1, -0.05) is 39.0 Å². The lowest BCUT2D eigenvalue weighted by Gasteiger charge is -2.43. The second kappa shape index (κ2) is 7.94. The van der Waals surface area contributed by atoms with Crippen LogP contribution in [0, 0.1) is 17.8 Å². The number of nitrogens with zero attached hydrogens (tertiary/aromatic N) is 2. The van der Waals surface area contributed by atoms with Crippen LogP contribution in [0.4, 0.5) is 0 Å². The standard InChI is InChI=1S/C25H36N2O6/c1-7-24-10-9-13-32-22(31)18(24)17-20(29)27(16(14-28)15(2)3)19-21(30)26(23(4,5)6)12-8-11-25(17,19)33-24/h8-11,15-19,28H,7,12-14H2,1-6H3/t16-,17-,18-,19?,24+,25-/m0/s1. The van der Waals surface area contributed by atoms with Gasteiger partial charge in [0.05, 0.1) is 18.6 Å². The van der Waals surface area contributed by atoms with E-state index in [4.69, 9.17) is 9.47 Å². The molecule has 1 N–H and O–H groups in total. The number of cyclic esters (lactones) is 1. The Morgan fingerprint density at radius 3 is 2.39 bits per heavy atom. The topological polar surface area (TPSA) is 96.4 Å². The minimum absolute atomic E-state index is 0.102. The fourth-order valence-corrected chi connectivity index (χ4v) is 6.12. The van der Waals surface area contributed by atoms with Gasteiger partial charge in [0.25, 0.3) is 0 Å². The Bertz CT molecular complexity index is 905. The predicted octanol–water partition coefficient (Wildman–Crippen LogP) is 1.67. The van der Waals surface area contributed by atoms with Crippen LogP contribution in [-0.2, 0) is 23.9 Å². The van der Waals surface area contributed by atoms with Crippen molar-refractivity contribution in [2.75, 3.05) is 19.8 Å². The highest BCUT2D eigenvalue weighted by Gasteiger charge is 2.76. The lowest BCUT2D eigenvalue weighted by molar-refractivity contribution is -0.163. The molecular weight excluding hydrogens is 424 g/mol. The molecule has 2 saturated heterocycles. The molecule has 8 heteroatoms. The van der Waals surface area contributed by atoms with Crippen LogP contribution in [-0.4, -0.2) is 81.3 Å². The zero-order chi connectivity index (χ0) is 24.3. The number of fused-ring (bicyclic) bond motifs is 2. The molecule has 0 saturated carbocycles. The number of esters is 1. The summed E-state index contributed by atoms with van der Waals surface area (Å²) in [6.45, 7) is 11.8. The fourth-order valence-electron chi connectivity index (χ4n) is 6.12. The maximum Gasteiger partial charge on any atom is 0.313 e. The number of hydrogen-bond acceptors (Lipinski definition) is 6. The minimum atomic E-state index is -1.32. The van der Waals surface area contributed by atoms with Crippen molar-refractivity contribution in [2.45, 2.75) is 76.8 Å². The predicted molar refractivity (Wildman–Crippen MR) is 121 cm³/mol. The van der Waals surface area contributed by atoms with Crippen LogP contribution < -0.4 is 0 Å². The van der Waals surface area contributed by atoms with E-state index in [0.717, 1.165) is 0 Å². The molecule has 0 aromatic carbocycles. The molecular formula is C25H36N2O6. The van der Waals surface area contributed by atoms with Crippen LogP contribution >= 0.6 is 0 Å². The third-order valence-electron chi connectivity index (χ3n) is 7.76. The number of likely N-dealkylation sites (tertiary alicyclic amines) is 1. The molecule has 0 aromatic rings. The summed E-state index contributed by atoms with van der Waals surface area (Å²) in [4.78, 5) is 44.7. The van der Waals surface area contributed by atoms with Gasteiger partial charge in [0.1, 0.15) is 29.8 Å². The first-order chi connectivity index (χ1) is 15.4. The largest absolute Gasteiger partial charge is 0.461 e. The first-order valence-corrected chi connectivity index (χ1v) is 11.9. The quantitative estimate of drug-likeness (QED) is 0.507. The van der Waals surface area contributed by atoms with Crippen molar-refractivity contribution in [3.63, 3.8) is 0 Å². The Labute approximate surface area is 195 Å². The smallest absolute Gasteiger partial charge is 0.313 e. The first kappa shape index (κ1) is 24.0. The molecule has 1 spiro atoms. The van der Waals surface area contributed by atoms with Gasteiger partial charge in [-0.15, -0.1) is 0 Å². The van der Waals surface area contributed by atoms with Crippen LogP contribution in [0.3, 0.4) is 0 Å². The van der Waals surface area contributed by atoms with Crippen molar-refractivity contribution in [1.82, 2.24) is 9.80 Å². The molecule has 0 aromatic heterocycles. The molecule has 4 rings (SSSR count). The van der Waals surface area contributed by atoms with Crippen LogP contribution in [0.25, 0.3) is 0 Å².